The normalized spacial score (nSPS) is 11.2. The van der Waals surface area contributed by atoms with Crippen LogP contribution in [0.25, 0.3) is 23.0 Å². The Kier molecular flexibility index (Phi) is 8.63. The minimum atomic E-state index is -0.0994. The van der Waals surface area contributed by atoms with Crippen molar-refractivity contribution < 1.29 is 9.53 Å². The van der Waals surface area contributed by atoms with Crippen LogP contribution in [0.1, 0.15) is 25.8 Å². The predicted molar refractivity (Wildman–Crippen MR) is 130 cm³/mol. The van der Waals surface area contributed by atoms with E-state index in [1.807, 2.05) is 71.6 Å². The molecule has 1 N–H and O–H groups in total. The van der Waals surface area contributed by atoms with Gasteiger partial charge in [-0.2, -0.15) is 5.10 Å². The third-order valence-corrected chi connectivity index (χ3v) is 5.39. The summed E-state index contributed by atoms with van der Waals surface area (Å²) in [5.41, 5.74) is 3.60. The van der Waals surface area contributed by atoms with E-state index in [9.17, 15) is 4.79 Å². The van der Waals surface area contributed by atoms with E-state index in [1.165, 1.54) is 0 Å². The molecule has 0 aliphatic carbocycles. The topological polar surface area (TPSA) is 59.4 Å². The van der Waals surface area contributed by atoms with Crippen LogP contribution in [0.15, 0.2) is 66.9 Å². The summed E-state index contributed by atoms with van der Waals surface area (Å²) in [6.07, 6.45) is 6.28. The molecule has 0 radical (unpaired) electrons. The second-order valence-electron chi connectivity index (χ2n) is 7.45. The van der Waals surface area contributed by atoms with Crippen LogP contribution in [0.2, 0.25) is 0 Å². The van der Waals surface area contributed by atoms with Crippen LogP contribution in [0.3, 0.4) is 0 Å². The molecule has 6 heteroatoms. The smallest absolute Gasteiger partial charge is 0.244 e. The van der Waals surface area contributed by atoms with Crippen molar-refractivity contribution in [3.05, 3.63) is 72.4 Å². The predicted octanol–water partition coefficient (Wildman–Crippen LogP) is 4.41. The number of nitrogens with one attached hydrogen (secondary N) is 1. The van der Waals surface area contributed by atoms with Crippen molar-refractivity contribution in [2.45, 2.75) is 20.3 Å². The number of para-hydroxylation sites is 1. The number of methoxy groups -OCH3 is 1. The van der Waals surface area contributed by atoms with Gasteiger partial charge in [0.25, 0.3) is 0 Å². The van der Waals surface area contributed by atoms with Gasteiger partial charge < -0.3 is 15.0 Å². The van der Waals surface area contributed by atoms with Gasteiger partial charge in [-0.3, -0.25) is 4.79 Å². The Bertz CT molecular complexity index is 1010. The number of hydrogen-bond acceptors (Lipinski definition) is 4. The molecule has 32 heavy (non-hydrogen) atoms. The molecule has 0 fully saturated rings. The zero-order valence-corrected chi connectivity index (χ0v) is 19.1. The summed E-state index contributed by atoms with van der Waals surface area (Å²) in [4.78, 5) is 14.7. The summed E-state index contributed by atoms with van der Waals surface area (Å²) in [5.74, 6) is 0.690. The van der Waals surface area contributed by atoms with E-state index in [-0.39, 0.29) is 5.91 Å². The summed E-state index contributed by atoms with van der Waals surface area (Å²) < 4.78 is 7.10. The maximum atomic E-state index is 12.4. The Morgan fingerprint density at radius 3 is 2.47 bits per heavy atom. The average Bonchev–Trinajstić information content (AvgIpc) is 3.28. The number of carbonyl (C=O) groups excluding carboxylic acids is 1. The first-order chi connectivity index (χ1) is 15.6. The molecule has 0 spiro atoms. The van der Waals surface area contributed by atoms with Gasteiger partial charge in [0.05, 0.1) is 18.5 Å². The molecule has 1 heterocycles. The summed E-state index contributed by atoms with van der Waals surface area (Å²) in [5, 5.41) is 7.76. The van der Waals surface area contributed by atoms with Gasteiger partial charge in [0, 0.05) is 29.9 Å². The van der Waals surface area contributed by atoms with Crippen molar-refractivity contribution in [2.24, 2.45) is 0 Å². The lowest BCUT2D eigenvalue weighted by molar-refractivity contribution is -0.116. The first-order valence-corrected chi connectivity index (χ1v) is 11.1. The third kappa shape index (κ3) is 6.31. The monoisotopic (exact) mass is 432 g/mol. The fourth-order valence-corrected chi connectivity index (χ4v) is 3.47. The highest BCUT2D eigenvalue weighted by molar-refractivity contribution is 5.92. The third-order valence-electron chi connectivity index (χ3n) is 5.39. The van der Waals surface area contributed by atoms with E-state index in [0.717, 1.165) is 54.3 Å². The van der Waals surface area contributed by atoms with Gasteiger partial charge in [-0.1, -0.05) is 32.0 Å². The first-order valence-electron chi connectivity index (χ1n) is 11.1. The zero-order chi connectivity index (χ0) is 22.8. The van der Waals surface area contributed by atoms with Gasteiger partial charge in [0.2, 0.25) is 5.91 Å². The summed E-state index contributed by atoms with van der Waals surface area (Å²) in [6, 6.07) is 17.7. The van der Waals surface area contributed by atoms with Crippen molar-refractivity contribution in [1.82, 2.24) is 20.0 Å². The molecule has 168 valence electrons. The fourth-order valence-electron chi connectivity index (χ4n) is 3.47. The molecule has 3 aromatic rings. The second-order valence-corrected chi connectivity index (χ2v) is 7.45. The highest BCUT2D eigenvalue weighted by atomic mass is 16.5. The molecule has 2 aromatic carbocycles. The first kappa shape index (κ1) is 23.3. The molecule has 0 bridgehead atoms. The van der Waals surface area contributed by atoms with Gasteiger partial charge in [0.1, 0.15) is 5.75 Å². The maximum absolute atomic E-state index is 12.4. The lowest BCUT2D eigenvalue weighted by Gasteiger charge is -2.17. The van der Waals surface area contributed by atoms with Crippen LogP contribution in [0, 0.1) is 0 Å². The van der Waals surface area contributed by atoms with Gasteiger partial charge >= 0.3 is 0 Å². The summed E-state index contributed by atoms with van der Waals surface area (Å²) in [7, 11) is 1.65. The minimum absolute atomic E-state index is 0.0994. The lowest BCUT2D eigenvalue weighted by Crippen LogP contribution is -2.29. The maximum Gasteiger partial charge on any atom is 0.244 e. The van der Waals surface area contributed by atoms with E-state index in [0.29, 0.717) is 6.54 Å². The van der Waals surface area contributed by atoms with Crippen molar-refractivity contribution >= 4 is 12.0 Å². The van der Waals surface area contributed by atoms with Crippen LogP contribution in [-0.2, 0) is 4.79 Å². The Balaban J connectivity index is 1.75. The van der Waals surface area contributed by atoms with Gasteiger partial charge in [-0.15, -0.1) is 0 Å². The van der Waals surface area contributed by atoms with Crippen LogP contribution >= 0.6 is 0 Å². The van der Waals surface area contributed by atoms with E-state index in [4.69, 9.17) is 9.84 Å². The molecular formula is C26H32N4O2. The molecule has 6 nitrogen and oxygen atoms in total. The minimum Gasteiger partial charge on any atom is -0.497 e. The molecule has 1 amide bonds. The fraction of sp³-hybridized carbons (Fsp3) is 0.308. The Morgan fingerprint density at radius 2 is 1.81 bits per heavy atom. The Hall–Kier alpha value is -3.38. The van der Waals surface area contributed by atoms with Crippen molar-refractivity contribution in [3.8, 4) is 22.7 Å². The lowest BCUT2D eigenvalue weighted by atomic mass is 10.1. The van der Waals surface area contributed by atoms with E-state index in [1.54, 1.807) is 13.2 Å². The number of aromatic nitrogens is 2. The van der Waals surface area contributed by atoms with Gasteiger partial charge in [0.15, 0.2) is 0 Å². The number of rotatable bonds is 11. The number of ether oxygens (including phenoxy) is 1. The molecular weight excluding hydrogens is 400 g/mol. The molecule has 3 rings (SSSR count). The Morgan fingerprint density at radius 1 is 1.09 bits per heavy atom. The van der Waals surface area contributed by atoms with Gasteiger partial charge in [-0.05, 0) is 68.5 Å². The number of benzene rings is 2. The largest absolute Gasteiger partial charge is 0.497 e. The van der Waals surface area contributed by atoms with Crippen LogP contribution in [0.4, 0.5) is 0 Å². The number of hydrogen-bond donors (Lipinski definition) is 1. The quantitative estimate of drug-likeness (QED) is 0.360. The molecule has 0 saturated carbocycles. The van der Waals surface area contributed by atoms with E-state index >= 15 is 0 Å². The second kappa shape index (κ2) is 11.9. The van der Waals surface area contributed by atoms with Gasteiger partial charge in [-0.25, -0.2) is 4.68 Å². The van der Waals surface area contributed by atoms with E-state index < -0.39 is 0 Å². The highest BCUT2D eigenvalue weighted by Crippen LogP contribution is 2.26. The van der Waals surface area contributed by atoms with E-state index in [2.05, 4.69) is 24.1 Å². The molecule has 0 unspecified atom stereocenters. The highest BCUT2D eigenvalue weighted by Gasteiger charge is 2.11. The number of nitrogens with zero attached hydrogens (tertiary/aromatic N) is 3. The SMILES string of the molecule is CCN(CC)CCCNC(=O)C=Cc1cn(-c2ccccc2)nc1-c1ccc(OC)cc1. The standard InChI is InChI=1S/C26H32N4O2/c1-4-29(5-2)19-9-18-27-25(31)17-14-22-20-30(23-10-7-6-8-11-23)28-26(22)21-12-15-24(32-3)16-13-21/h6-8,10-17,20H,4-5,9,18-19H2,1-3H3,(H,27,31). The van der Waals surface area contributed by atoms with Crippen LogP contribution in [0.5, 0.6) is 5.75 Å². The number of carbonyl (C=O) groups is 1. The summed E-state index contributed by atoms with van der Waals surface area (Å²) >= 11 is 0. The zero-order valence-electron chi connectivity index (χ0n) is 19.1. The van der Waals surface area contributed by atoms with Crippen molar-refractivity contribution in [3.63, 3.8) is 0 Å². The molecule has 1 aromatic heterocycles. The van der Waals surface area contributed by atoms with Crippen molar-refractivity contribution in [1.29, 1.82) is 0 Å². The average molecular weight is 433 g/mol. The molecule has 0 aliphatic heterocycles. The molecule has 0 saturated heterocycles. The Labute approximate surface area is 190 Å². The number of amides is 1. The summed E-state index contributed by atoms with van der Waals surface area (Å²) in [6.45, 7) is 8.02. The molecule has 0 aliphatic rings. The van der Waals surface area contributed by atoms with Crippen LogP contribution in [-0.4, -0.2) is 53.9 Å². The van der Waals surface area contributed by atoms with Crippen molar-refractivity contribution in [2.75, 3.05) is 33.3 Å². The molecule has 0 atom stereocenters. The van der Waals surface area contributed by atoms with Crippen LogP contribution < -0.4 is 10.1 Å².